The summed E-state index contributed by atoms with van der Waals surface area (Å²) in [5.41, 5.74) is 4.69. The zero-order valence-electron chi connectivity index (χ0n) is 23.1. The summed E-state index contributed by atoms with van der Waals surface area (Å²) >= 11 is 0. The Kier molecular flexibility index (Phi) is 6.25. The summed E-state index contributed by atoms with van der Waals surface area (Å²) in [4.78, 5) is 38.2. The van der Waals surface area contributed by atoms with Gasteiger partial charge >= 0.3 is 5.97 Å². The molecule has 1 unspecified atom stereocenters. The molecule has 0 aliphatic carbocycles. The van der Waals surface area contributed by atoms with Gasteiger partial charge in [0.25, 0.3) is 0 Å². The highest BCUT2D eigenvalue weighted by Gasteiger charge is 2.51. The third-order valence-electron chi connectivity index (χ3n) is 7.58. The molecule has 3 aromatic heterocycles. The Labute approximate surface area is 241 Å². The first kappa shape index (κ1) is 27.9. The summed E-state index contributed by atoms with van der Waals surface area (Å²) in [6, 6.07) is 7.60. The molecule has 1 amide bonds. The van der Waals surface area contributed by atoms with E-state index in [0.29, 0.717) is 11.1 Å². The number of carbonyl (C=O) groups excluding carboxylic acids is 1. The van der Waals surface area contributed by atoms with E-state index in [1.165, 1.54) is 48.2 Å². The average molecular weight is 592 g/mol. The number of hydrogen-bond donors (Lipinski definition) is 3. The maximum Gasteiger partial charge on any atom is 0.309 e. The van der Waals surface area contributed by atoms with Crippen molar-refractivity contribution < 1.29 is 32.3 Å². The number of nitrogens with zero attached hydrogens (tertiary/aromatic N) is 5. The van der Waals surface area contributed by atoms with Crippen LogP contribution in [0.15, 0.2) is 47.1 Å². The van der Waals surface area contributed by atoms with Gasteiger partial charge in [-0.3, -0.25) is 14.3 Å². The van der Waals surface area contributed by atoms with Crippen LogP contribution in [0.25, 0.3) is 22.4 Å². The lowest BCUT2D eigenvalue weighted by atomic mass is 9.84. The molecule has 4 N–H and O–H groups in total. The Morgan fingerprint density at radius 1 is 1.16 bits per heavy atom. The quantitative estimate of drug-likeness (QED) is 0.248. The molecule has 1 aliphatic heterocycles. The van der Waals surface area contributed by atoms with E-state index in [4.69, 9.17) is 10.2 Å². The minimum Gasteiger partial charge on any atom is -0.481 e. The fourth-order valence-corrected chi connectivity index (χ4v) is 5.13. The zero-order chi connectivity index (χ0) is 30.8. The number of nitrogen functional groups attached to an aromatic ring is 1. The number of benzene rings is 2. The minimum atomic E-state index is -1.54. The first-order chi connectivity index (χ1) is 20.3. The molecule has 0 bridgehead atoms. The molecule has 220 valence electrons. The van der Waals surface area contributed by atoms with Gasteiger partial charge in [-0.1, -0.05) is 12.1 Å². The van der Waals surface area contributed by atoms with E-state index < -0.39 is 40.2 Å². The number of amides is 1. The van der Waals surface area contributed by atoms with Crippen molar-refractivity contribution in [2.24, 2.45) is 5.41 Å². The number of carbonyl (C=O) groups is 2. The number of nitrogens with two attached hydrogens (primary N) is 1. The summed E-state index contributed by atoms with van der Waals surface area (Å²) in [5, 5.41) is 17.0. The van der Waals surface area contributed by atoms with Crippen LogP contribution in [0.4, 0.5) is 24.8 Å². The van der Waals surface area contributed by atoms with E-state index in [0.717, 1.165) is 6.07 Å². The Morgan fingerprint density at radius 2 is 1.93 bits per heavy atom. The smallest absolute Gasteiger partial charge is 0.309 e. The van der Waals surface area contributed by atoms with Crippen LogP contribution in [-0.4, -0.2) is 41.7 Å². The molecule has 14 heteroatoms. The van der Waals surface area contributed by atoms with Crippen LogP contribution in [0.3, 0.4) is 0 Å². The van der Waals surface area contributed by atoms with Gasteiger partial charge in [-0.15, -0.1) is 0 Å². The van der Waals surface area contributed by atoms with E-state index in [2.05, 4.69) is 25.4 Å². The van der Waals surface area contributed by atoms with Crippen LogP contribution < -0.4 is 11.1 Å². The molecular weight excluding hydrogens is 567 g/mol. The zero-order valence-corrected chi connectivity index (χ0v) is 23.1. The molecule has 0 spiro atoms. The Morgan fingerprint density at radius 3 is 2.67 bits per heavy atom. The fourth-order valence-electron chi connectivity index (χ4n) is 5.13. The molecule has 43 heavy (non-hydrogen) atoms. The lowest BCUT2D eigenvalue weighted by Gasteiger charge is -2.19. The second kappa shape index (κ2) is 9.64. The van der Waals surface area contributed by atoms with Crippen LogP contribution >= 0.6 is 0 Å². The largest absolute Gasteiger partial charge is 0.481 e. The number of carboxylic acids is 1. The maximum atomic E-state index is 14.5. The number of carboxylic acid groups (broad SMARTS) is 1. The molecule has 0 saturated heterocycles. The average Bonchev–Trinajstić information content (AvgIpc) is 3.61. The molecule has 6 rings (SSSR count). The van der Waals surface area contributed by atoms with E-state index in [1.807, 2.05) is 0 Å². The summed E-state index contributed by atoms with van der Waals surface area (Å²) in [6.07, 6.45) is 1.35. The summed E-state index contributed by atoms with van der Waals surface area (Å²) in [5.74, 6) is -4.27. The van der Waals surface area contributed by atoms with Crippen LogP contribution in [0.5, 0.6) is 0 Å². The van der Waals surface area contributed by atoms with E-state index in [9.17, 15) is 27.9 Å². The number of aromatic nitrogens is 5. The molecule has 0 saturated carbocycles. The molecule has 5 aromatic rings. The SMILES string of the molecule is CC(C)(Cc1coc(C2(C)C(=O)Nc3nc(-c4nn(Cc5cccc(F)c5F)c5cc(F)ccc45)nc(N)c32)n1)C(=O)O. The molecule has 4 heterocycles. The van der Waals surface area contributed by atoms with Crippen molar-refractivity contribution in [2.75, 3.05) is 11.1 Å². The number of aliphatic carboxylic acids is 1. The third-order valence-corrected chi connectivity index (χ3v) is 7.58. The Balaban J connectivity index is 1.42. The molecule has 2 aromatic carbocycles. The van der Waals surface area contributed by atoms with Crippen molar-refractivity contribution in [3.05, 3.63) is 82.8 Å². The first-order valence-corrected chi connectivity index (χ1v) is 13.1. The van der Waals surface area contributed by atoms with Gasteiger partial charge in [0.1, 0.15) is 29.4 Å². The summed E-state index contributed by atoms with van der Waals surface area (Å²) in [6.45, 7) is 4.41. The van der Waals surface area contributed by atoms with Gasteiger partial charge in [0.15, 0.2) is 22.9 Å². The molecular formula is C29H24F3N7O4. The Hall–Kier alpha value is -5.27. The normalized spacial score (nSPS) is 16.5. The van der Waals surface area contributed by atoms with Gasteiger partial charge < -0.3 is 20.6 Å². The number of oxazole rings is 1. The van der Waals surface area contributed by atoms with Crippen LogP contribution in [0, 0.1) is 22.9 Å². The molecule has 1 atom stereocenters. The highest BCUT2D eigenvalue weighted by atomic mass is 19.2. The topological polar surface area (TPSA) is 162 Å². The van der Waals surface area contributed by atoms with Gasteiger partial charge in [0, 0.05) is 17.4 Å². The van der Waals surface area contributed by atoms with Gasteiger partial charge in [0.2, 0.25) is 11.8 Å². The lowest BCUT2D eigenvalue weighted by Crippen LogP contribution is -2.33. The van der Waals surface area contributed by atoms with Crippen molar-refractivity contribution in [2.45, 2.75) is 39.2 Å². The molecule has 1 aliphatic rings. The number of halogens is 3. The standard InChI is InChI=1S/C29H24F3N7O4/c1-28(2,27(41)42)10-15-12-43-26(34-15)29(3)19-22(33)35-24(36-23(19)37-25(29)40)21-16-8-7-14(30)9-18(16)39(38-21)11-13-5-4-6-17(31)20(13)32/h4-9,12H,10-11H2,1-3H3,(H,41,42)(H3,33,35,36,37,40). The minimum absolute atomic E-state index is 0.00492. The van der Waals surface area contributed by atoms with Crippen LogP contribution in [0.1, 0.15) is 43.5 Å². The molecule has 0 fully saturated rings. The van der Waals surface area contributed by atoms with Crippen molar-refractivity contribution >= 4 is 34.4 Å². The summed E-state index contributed by atoms with van der Waals surface area (Å²) < 4.78 is 49.5. The second-order valence-electron chi connectivity index (χ2n) is 11.1. The van der Waals surface area contributed by atoms with E-state index >= 15 is 0 Å². The number of anilines is 2. The van der Waals surface area contributed by atoms with Gasteiger partial charge in [-0.2, -0.15) is 5.10 Å². The van der Waals surface area contributed by atoms with Crippen molar-refractivity contribution in [3.63, 3.8) is 0 Å². The van der Waals surface area contributed by atoms with Crippen molar-refractivity contribution in [1.29, 1.82) is 0 Å². The van der Waals surface area contributed by atoms with Crippen LogP contribution in [0.2, 0.25) is 0 Å². The van der Waals surface area contributed by atoms with E-state index in [1.54, 1.807) is 13.8 Å². The van der Waals surface area contributed by atoms with Gasteiger partial charge in [0.05, 0.1) is 28.7 Å². The fraction of sp³-hybridized carbons (Fsp3) is 0.241. The van der Waals surface area contributed by atoms with Crippen LogP contribution in [-0.2, 0) is 28.0 Å². The third kappa shape index (κ3) is 4.45. The number of nitrogens with one attached hydrogen (secondary N) is 1. The summed E-state index contributed by atoms with van der Waals surface area (Å²) in [7, 11) is 0. The Bertz CT molecular complexity index is 1970. The highest BCUT2D eigenvalue weighted by Crippen LogP contribution is 2.45. The van der Waals surface area contributed by atoms with Gasteiger partial charge in [-0.05, 0) is 45.0 Å². The van der Waals surface area contributed by atoms with Crippen molar-refractivity contribution in [1.82, 2.24) is 24.7 Å². The van der Waals surface area contributed by atoms with E-state index in [-0.39, 0.29) is 58.7 Å². The molecule has 0 radical (unpaired) electrons. The highest BCUT2D eigenvalue weighted by molar-refractivity contribution is 6.08. The lowest BCUT2D eigenvalue weighted by molar-refractivity contribution is -0.146. The van der Waals surface area contributed by atoms with Crippen molar-refractivity contribution in [3.8, 4) is 11.5 Å². The maximum absolute atomic E-state index is 14.5. The monoisotopic (exact) mass is 591 g/mol. The second-order valence-corrected chi connectivity index (χ2v) is 11.1. The first-order valence-electron chi connectivity index (χ1n) is 13.1. The van der Waals surface area contributed by atoms with Gasteiger partial charge in [-0.25, -0.2) is 28.1 Å². The predicted octanol–water partition coefficient (Wildman–Crippen LogP) is 4.44. The number of hydrogen-bond acceptors (Lipinski definition) is 8. The molecule has 11 nitrogen and oxygen atoms in total. The number of fused-ring (bicyclic) bond motifs is 2. The number of rotatable bonds is 7. The predicted molar refractivity (Wildman–Crippen MR) is 147 cm³/mol.